The number of aldehydes is 1. The molecule has 2 aromatic heterocycles. The molecule has 1 atom stereocenters. The van der Waals surface area contributed by atoms with Gasteiger partial charge in [-0.25, -0.2) is 9.97 Å². The number of nitrogens with zero attached hydrogens (tertiary/aromatic N) is 2. The van der Waals surface area contributed by atoms with Crippen LogP contribution in [0.5, 0.6) is 0 Å². The van der Waals surface area contributed by atoms with E-state index >= 15 is 0 Å². The van der Waals surface area contributed by atoms with Gasteiger partial charge < -0.3 is 15.2 Å². The summed E-state index contributed by atoms with van der Waals surface area (Å²) in [6, 6.07) is 14.0. The molecule has 5 rings (SSSR count). The number of nitrogens with one attached hydrogen (secondary N) is 1. The molecule has 7 nitrogen and oxygen atoms in total. The second kappa shape index (κ2) is 11.6. The van der Waals surface area contributed by atoms with Crippen LogP contribution in [-0.4, -0.2) is 34.4 Å². The van der Waals surface area contributed by atoms with Crippen molar-refractivity contribution in [2.24, 2.45) is 5.92 Å². The summed E-state index contributed by atoms with van der Waals surface area (Å²) in [5.41, 5.74) is 5.78. The van der Waals surface area contributed by atoms with Gasteiger partial charge in [0.2, 0.25) is 0 Å². The molecule has 0 amide bonds. The standard InChI is InChI=1S/C31H33N3O4S/c1-18(29-13-24(17-39-29)25-7-5-4-6-22(25)15-35)32-30-27-14-26(20-8-10-21(11-9-20)31(36)37)23(16-38-3)12-28(27)33-19(2)34-30/h4-7,12-15,17-18,20-21H,8-11,16H2,1-3H3,(H,36,37)(H,32,33,34)/t18-,20?,21?/m1/s1. The summed E-state index contributed by atoms with van der Waals surface area (Å²) in [7, 11) is 1.69. The Kier molecular flexibility index (Phi) is 8.04. The molecule has 39 heavy (non-hydrogen) atoms. The molecule has 2 aromatic carbocycles. The van der Waals surface area contributed by atoms with E-state index in [1.807, 2.05) is 31.2 Å². The fourth-order valence-corrected chi connectivity index (χ4v) is 6.55. The summed E-state index contributed by atoms with van der Waals surface area (Å²) >= 11 is 1.65. The zero-order valence-corrected chi connectivity index (χ0v) is 23.3. The fourth-order valence-electron chi connectivity index (χ4n) is 5.63. The van der Waals surface area contributed by atoms with Crippen molar-refractivity contribution >= 4 is 40.3 Å². The summed E-state index contributed by atoms with van der Waals surface area (Å²) in [5.74, 6) is 0.782. The molecule has 2 N–H and O–H groups in total. The molecule has 0 aliphatic heterocycles. The monoisotopic (exact) mass is 543 g/mol. The van der Waals surface area contributed by atoms with Crippen molar-refractivity contribution < 1.29 is 19.4 Å². The number of benzene rings is 2. The van der Waals surface area contributed by atoms with Gasteiger partial charge in [0.05, 0.1) is 24.1 Å². The predicted octanol–water partition coefficient (Wildman–Crippen LogP) is 7.16. The van der Waals surface area contributed by atoms with Gasteiger partial charge in [-0.1, -0.05) is 24.3 Å². The molecule has 1 saturated carbocycles. The van der Waals surface area contributed by atoms with Crippen LogP contribution in [0.25, 0.3) is 22.0 Å². The van der Waals surface area contributed by atoms with E-state index in [0.29, 0.717) is 30.8 Å². The van der Waals surface area contributed by atoms with Gasteiger partial charge in [0.1, 0.15) is 11.6 Å². The van der Waals surface area contributed by atoms with Gasteiger partial charge in [-0.05, 0) is 91.3 Å². The maximum absolute atomic E-state index is 11.5. The van der Waals surface area contributed by atoms with Crippen molar-refractivity contribution in [3.63, 3.8) is 0 Å². The molecule has 202 valence electrons. The van der Waals surface area contributed by atoms with E-state index in [9.17, 15) is 14.7 Å². The highest BCUT2D eigenvalue weighted by atomic mass is 32.1. The van der Waals surface area contributed by atoms with E-state index in [2.05, 4.69) is 35.8 Å². The third kappa shape index (κ3) is 5.72. The molecule has 0 saturated heterocycles. The molecule has 4 aromatic rings. The van der Waals surface area contributed by atoms with Crippen molar-refractivity contribution in [2.45, 2.75) is 58.1 Å². The van der Waals surface area contributed by atoms with Crippen LogP contribution >= 0.6 is 11.3 Å². The number of thiophene rings is 1. The van der Waals surface area contributed by atoms with E-state index in [0.717, 1.165) is 57.4 Å². The maximum atomic E-state index is 11.5. The SMILES string of the molecule is COCc1cc2nc(C)nc(N[C@H](C)c3cc(-c4ccccc4C=O)cs3)c2cc1C1CCC(C(=O)O)CC1. The van der Waals surface area contributed by atoms with Crippen molar-refractivity contribution in [2.75, 3.05) is 12.4 Å². The summed E-state index contributed by atoms with van der Waals surface area (Å²) in [5, 5.41) is 16.1. The number of aliphatic carboxylic acids is 1. The molecule has 1 fully saturated rings. The van der Waals surface area contributed by atoms with Gasteiger partial charge in [-0.15, -0.1) is 11.3 Å². The van der Waals surface area contributed by atoms with E-state index in [1.54, 1.807) is 18.4 Å². The second-order valence-corrected chi connectivity index (χ2v) is 11.3. The average molecular weight is 544 g/mol. The Morgan fingerprint density at radius 2 is 1.95 bits per heavy atom. The lowest BCUT2D eigenvalue weighted by atomic mass is 9.77. The zero-order chi connectivity index (χ0) is 27.5. The Bertz CT molecular complexity index is 1510. The number of carbonyl (C=O) groups excluding carboxylic acids is 1. The number of methoxy groups -OCH3 is 1. The number of anilines is 1. The summed E-state index contributed by atoms with van der Waals surface area (Å²) in [6.45, 7) is 4.48. The number of carboxylic acid groups (broad SMARTS) is 1. The number of aromatic nitrogens is 2. The predicted molar refractivity (Wildman–Crippen MR) is 155 cm³/mol. The first-order valence-electron chi connectivity index (χ1n) is 13.3. The Hall–Kier alpha value is -3.62. The minimum absolute atomic E-state index is 0.0160. The molecule has 1 aliphatic rings. The molecule has 0 unspecified atom stereocenters. The maximum Gasteiger partial charge on any atom is 0.306 e. The van der Waals surface area contributed by atoms with Crippen LogP contribution in [-0.2, 0) is 16.1 Å². The first-order chi connectivity index (χ1) is 18.9. The molecular formula is C31H33N3O4S. The van der Waals surface area contributed by atoms with Crippen LogP contribution in [0.15, 0.2) is 47.8 Å². The number of ether oxygens (including phenoxy) is 1. The first kappa shape index (κ1) is 27.0. The molecule has 8 heteroatoms. The Morgan fingerprint density at radius 1 is 1.18 bits per heavy atom. The molecule has 1 aliphatic carbocycles. The summed E-state index contributed by atoms with van der Waals surface area (Å²) < 4.78 is 5.53. The van der Waals surface area contributed by atoms with Crippen LogP contribution in [0.2, 0.25) is 0 Å². The quantitative estimate of drug-likeness (QED) is 0.216. The summed E-state index contributed by atoms with van der Waals surface area (Å²) in [6.07, 6.45) is 3.94. The number of hydrogen-bond donors (Lipinski definition) is 2. The van der Waals surface area contributed by atoms with Gasteiger partial charge in [0, 0.05) is 22.9 Å². The summed E-state index contributed by atoms with van der Waals surface area (Å²) in [4.78, 5) is 33.7. The molecular weight excluding hydrogens is 510 g/mol. The average Bonchev–Trinajstić information content (AvgIpc) is 3.43. The van der Waals surface area contributed by atoms with Crippen molar-refractivity contribution in [1.82, 2.24) is 9.97 Å². The molecule has 2 heterocycles. The molecule has 0 bridgehead atoms. The van der Waals surface area contributed by atoms with E-state index < -0.39 is 5.97 Å². The van der Waals surface area contributed by atoms with Crippen molar-refractivity contribution in [1.29, 1.82) is 0 Å². The number of rotatable bonds is 9. The zero-order valence-electron chi connectivity index (χ0n) is 22.4. The topological polar surface area (TPSA) is 101 Å². The largest absolute Gasteiger partial charge is 0.481 e. The lowest BCUT2D eigenvalue weighted by molar-refractivity contribution is -0.142. The highest BCUT2D eigenvalue weighted by Gasteiger charge is 2.28. The van der Waals surface area contributed by atoms with Crippen LogP contribution < -0.4 is 5.32 Å². The van der Waals surface area contributed by atoms with Gasteiger partial charge in [0.25, 0.3) is 0 Å². The normalized spacial score (nSPS) is 18.1. The fraction of sp³-hybridized carbons (Fsp3) is 0.355. The third-order valence-electron chi connectivity index (χ3n) is 7.68. The van der Waals surface area contributed by atoms with Crippen molar-refractivity contribution in [3.05, 3.63) is 75.2 Å². The van der Waals surface area contributed by atoms with Crippen LogP contribution in [0.3, 0.4) is 0 Å². The van der Waals surface area contributed by atoms with Crippen LogP contribution in [0, 0.1) is 12.8 Å². The van der Waals surface area contributed by atoms with E-state index in [1.165, 1.54) is 5.56 Å². The second-order valence-electron chi connectivity index (χ2n) is 10.3. The van der Waals surface area contributed by atoms with Crippen molar-refractivity contribution in [3.8, 4) is 11.1 Å². The van der Waals surface area contributed by atoms with E-state index in [4.69, 9.17) is 14.7 Å². The molecule has 0 radical (unpaired) electrons. The number of fused-ring (bicyclic) bond motifs is 1. The highest BCUT2D eigenvalue weighted by molar-refractivity contribution is 7.10. The Morgan fingerprint density at radius 3 is 2.67 bits per heavy atom. The van der Waals surface area contributed by atoms with Gasteiger partial charge in [-0.2, -0.15) is 0 Å². The van der Waals surface area contributed by atoms with E-state index in [-0.39, 0.29) is 17.9 Å². The Balaban J connectivity index is 1.47. The first-order valence-corrected chi connectivity index (χ1v) is 14.2. The van der Waals surface area contributed by atoms with Crippen LogP contribution in [0.1, 0.15) is 76.8 Å². The molecule has 0 spiro atoms. The Labute approximate surface area is 232 Å². The number of hydrogen-bond acceptors (Lipinski definition) is 7. The third-order valence-corrected chi connectivity index (χ3v) is 8.80. The van der Waals surface area contributed by atoms with Crippen LogP contribution in [0.4, 0.5) is 5.82 Å². The van der Waals surface area contributed by atoms with Gasteiger partial charge in [0.15, 0.2) is 6.29 Å². The highest BCUT2D eigenvalue weighted by Crippen LogP contribution is 2.40. The van der Waals surface area contributed by atoms with Gasteiger partial charge >= 0.3 is 5.97 Å². The number of carboxylic acids is 1. The minimum Gasteiger partial charge on any atom is -0.481 e. The minimum atomic E-state index is -0.695. The number of aryl methyl sites for hydroxylation is 1. The lowest BCUT2D eigenvalue weighted by Crippen LogP contribution is -2.21. The smallest absolute Gasteiger partial charge is 0.306 e. The lowest BCUT2D eigenvalue weighted by Gasteiger charge is -2.28. The number of carbonyl (C=O) groups is 2. The van der Waals surface area contributed by atoms with Gasteiger partial charge in [-0.3, -0.25) is 9.59 Å².